The van der Waals surface area contributed by atoms with Crippen LogP contribution in [0.1, 0.15) is 117 Å². The van der Waals surface area contributed by atoms with Crippen LogP contribution in [-0.2, 0) is 9.59 Å². The van der Waals surface area contributed by atoms with E-state index in [0.717, 1.165) is 18.9 Å². The van der Waals surface area contributed by atoms with E-state index < -0.39 is 11.9 Å². The molecule has 0 aliphatic heterocycles. The van der Waals surface area contributed by atoms with Crippen molar-refractivity contribution in [2.45, 2.75) is 117 Å². The van der Waals surface area contributed by atoms with Gasteiger partial charge in [0.25, 0.3) is 0 Å². The van der Waals surface area contributed by atoms with Crippen LogP contribution in [0.25, 0.3) is 0 Å². The lowest BCUT2D eigenvalue weighted by Crippen LogP contribution is -1.93. The van der Waals surface area contributed by atoms with Crippen molar-refractivity contribution in [1.29, 1.82) is 0 Å². The number of carboxylic acid groups (broad SMARTS) is 2. The van der Waals surface area contributed by atoms with Crippen LogP contribution < -0.4 is 0 Å². The maximum Gasteiger partial charge on any atom is 0.327 e. The maximum absolute atomic E-state index is 10.3. The first-order valence-corrected chi connectivity index (χ1v) is 10.6. The van der Waals surface area contributed by atoms with E-state index in [0.29, 0.717) is 6.42 Å². The van der Waals surface area contributed by atoms with E-state index >= 15 is 0 Å². The van der Waals surface area contributed by atoms with Gasteiger partial charge in [0.2, 0.25) is 0 Å². The van der Waals surface area contributed by atoms with E-state index in [9.17, 15) is 9.59 Å². The summed E-state index contributed by atoms with van der Waals surface area (Å²) in [5.41, 5.74) is 0. The Morgan fingerprint density at radius 3 is 1.23 bits per heavy atom. The van der Waals surface area contributed by atoms with Crippen molar-refractivity contribution < 1.29 is 19.8 Å². The second-order valence-corrected chi connectivity index (χ2v) is 6.93. The van der Waals surface area contributed by atoms with Gasteiger partial charge in [-0.05, 0) is 13.3 Å². The molecule has 2 N–H and O–H groups in total. The highest BCUT2D eigenvalue weighted by atomic mass is 16.4. The molecular weight excluding hydrogens is 328 g/mol. The molecule has 0 amide bonds. The number of aliphatic carboxylic acids is 2. The molecule has 0 bridgehead atoms. The van der Waals surface area contributed by atoms with Crippen molar-refractivity contribution in [3.05, 3.63) is 12.2 Å². The van der Waals surface area contributed by atoms with Crippen LogP contribution in [0.5, 0.6) is 0 Å². The smallest absolute Gasteiger partial charge is 0.327 e. The largest absolute Gasteiger partial charge is 0.481 e. The number of carbonyl (C=O) groups is 2. The third kappa shape index (κ3) is 30.5. The van der Waals surface area contributed by atoms with E-state index in [1.54, 1.807) is 6.92 Å². The quantitative estimate of drug-likeness (QED) is 0.214. The minimum Gasteiger partial charge on any atom is -0.481 e. The number of carboxylic acids is 2. The van der Waals surface area contributed by atoms with Crippen LogP contribution in [0.4, 0.5) is 0 Å². The second-order valence-electron chi connectivity index (χ2n) is 6.93. The zero-order valence-electron chi connectivity index (χ0n) is 17.2. The van der Waals surface area contributed by atoms with E-state index in [1.807, 2.05) is 0 Å². The Labute approximate surface area is 161 Å². The first-order valence-electron chi connectivity index (χ1n) is 10.6. The summed E-state index contributed by atoms with van der Waals surface area (Å²) in [6.07, 6.45) is 22.8. The standard InChI is InChI=1S/C18H36O2.C4H6O2/c1-2-3-4-5-6-7-8-9-10-11-12-13-14-15-16-17-18(19)20;1-2-3-4(5)6/h2-17H2,1H3,(H,19,20);2-3H,1H3,(H,5,6). The predicted molar refractivity (Wildman–Crippen MR) is 110 cm³/mol. The molecule has 0 heterocycles. The minimum absolute atomic E-state index is 0.345. The molecule has 0 radical (unpaired) electrons. The molecule has 26 heavy (non-hydrogen) atoms. The molecule has 0 aliphatic carbocycles. The number of allylic oxidation sites excluding steroid dienone is 1. The van der Waals surface area contributed by atoms with E-state index in [1.165, 1.54) is 89.5 Å². The molecule has 4 nitrogen and oxygen atoms in total. The van der Waals surface area contributed by atoms with Gasteiger partial charge >= 0.3 is 11.9 Å². The van der Waals surface area contributed by atoms with Crippen molar-refractivity contribution >= 4 is 11.9 Å². The Balaban J connectivity index is 0. The van der Waals surface area contributed by atoms with Gasteiger partial charge in [-0.2, -0.15) is 0 Å². The predicted octanol–water partition coefficient (Wildman–Crippen LogP) is 6.98. The molecular formula is C22H42O4. The van der Waals surface area contributed by atoms with Gasteiger partial charge in [0, 0.05) is 12.5 Å². The first-order chi connectivity index (χ1) is 12.5. The normalized spacial score (nSPS) is 10.5. The fourth-order valence-electron chi connectivity index (χ4n) is 2.79. The fourth-order valence-corrected chi connectivity index (χ4v) is 2.79. The molecule has 0 aliphatic rings. The van der Waals surface area contributed by atoms with Gasteiger partial charge in [-0.15, -0.1) is 0 Å². The van der Waals surface area contributed by atoms with Crippen molar-refractivity contribution in [3.63, 3.8) is 0 Å². The summed E-state index contributed by atoms with van der Waals surface area (Å²) >= 11 is 0. The molecule has 4 heteroatoms. The molecule has 0 atom stereocenters. The van der Waals surface area contributed by atoms with Crippen molar-refractivity contribution in [2.75, 3.05) is 0 Å². The lowest BCUT2D eigenvalue weighted by molar-refractivity contribution is -0.137. The molecule has 0 aromatic rings. The maximum atomic E-state index is 10.3. The number of hydrogen-bond donors (Lipinski definition) is 2. The van der Waals surface area contributed by atoms with Crippen LogP contribution in [0.15, 0.2) is 12.2 Å². The Morgan fingerprint density at radius 1 is 0.654 bits per heavy atom. The van der Waals surface area contributed by atoms with Crippen LogP contribution in [0.2, 0.25) is 0 Å². The van der Waals surface area contributed by atoms with Crippen LogP contribution in [-0.4, -0.2) is 22.2 Å². The van der Waals surface area contributed by atoms with Gasteiger partial charge in [0.05, 0.1) is 0 Å². The fraction of sp³-hybridized carbons (Fsp3) is 0.818. The SMILES string of the molecule is CC=CC(=O)O.CCCCCCCCCCCCCCCCCC(=O)O. The molecule has 0 fully saturated rings. The highest BCUT2D eigenvalue weighted by molar-refractivity contribution is 5.79. The Bertz CT molecular complexity index is 337. The van der Waals surface area contributed by atoms with E-state index in [4.69, 9.17) is 10.2 Å². The molecule has 154 valence electrons. The lowest BCUT2D eigenvalue weighted by atomic mass is 10.0. The average Bonchev–Trinajstić information content (AvgIpc) is 2.58. The molecule has 0 unspecified atom stereocenters. The zero-order valence-corrected chi connectivity index (χ0v) is 17.2. The van der Waals surface area contributed by atoms with Gasteiger partial charge in [0.1, 0.15) is 0 Å². The van der Waals surface area contributed by atoms with Crippen molar-refractivity contribution in [2.24, 2.45) is 0 Å². The summed E-state index contributed by atoms with van der Waals surface area (Å²) in [7, 11) is 0. The Kier molecular flexibility index (Phi) is 24.5. The summed E-state index contributed by atoms with van der Waals surface area (Å²) < 4.78 is 0. The molecule has 0 saturated carbocycles. The minimum atomic E-state index is -0.891. The highest BCUT2D eigenvalue weighted by Gasteiger charge is 1.97. The van der Waals surface area contributed by atoms with Crippen LogP contribution in [0, 0.1) is 0 Å². The Hall–Kier alpha value is -1.32. The molecule has 0 aromatic heterocycles. The number of unbranched alkanes of at least 4 members (excludes halogenated alkanes) is 14. The molecule has 0 aromatic carbocycles. The number of rotatable bonds is 17. The number of hydrogen-bond acceptors (Lipinski definition) is 2. The monoisotopic (exact) mass is 370 g/mol. The molecule has 0 spiro atoms. The average molecular weight is 371 g/mol. The van der Waals surface area contributed by atoms with Crippen molar-refractivity contribution in [1.82, 2.24) is 0 Å². The summed E-state index contributed by atoms with van der Waals surface area (Å²) in [6.45, 7) is 3.93. The van der Waals surface area contributed by atoms with E-state index in [-0.39, 0.29) is 0 Å². The van der Waals surface area contributed by atoms with Crippen LogP contribution in [0.3, 0.4) is 0 Å². The van der Waals surface area contributed by atoms with Gasteiger partial charge in [0.15, 0.2) is 0 Å². The Morgan fingerprint density at radius 2 is 1.00 bits per heavy atom. The van der Waals surface area contributed by atoms with E-state index in [2.05, 4.69) is 6.92 Å². The van der Waals surface area contributed by atoms with Gasteiger partial charge in [-0.25, -0.2) is 4.79 Å². The van der Waals surface area contributed by atoms with Crippen LogP contribution >= 0.6 is 0 Å². The third-order valence-corrected chi connectivity index (χ3v) is 4.30. The van der Waals surface area contributed by atoms with Crippen molar-refractivity contribution in [3.8, 4) is 0 Å². The summed E-state index contributed by atoms with van der Waals surface area (Å²) in [5, 5.41) is 16.3. The first kappa shape index (κ1) is 26.9. The second kappa shape index (κ2) is 23.7. The summed E-state index contributed by atoms with van der Waals surface area (Å²) in [6, 6.07) is 0. The van der Waals surface area contributed by atoms with Gasteiger partial charge < -0.3 is 10.2 Å². The topological polar surface area (TPSA) is 74.6 Å². The summed E-state index contributed by atoms with van der Waals surface area (Å²) in [4.78, 5) is 19.8. The zero-order chi connectivity index (χ0) is 19.9. The third-order valence-electron chi connectivity index (χ3n) is 4.30. The lowest BCUT2D eigenvalue weighted by Gasteiger charge is -2.03. The highest BCUT2D eigenvalue weighted by Crippen LogP contribution is 2.13. The molecule has 0 saturated heterocycles. The molecule has 0 rings (SSSR count). The summed E-state index contributed by atoms with van der Waals surface area (Å²) in [5.74, 6) is -1.54. The van der Waals surface area contributed by atoms with Gasteiger partial charge in [-0.1, -0.05) is 103 Å². The van der Waals surface area contributed by atoms with Gasteiger partial charge in [-0.3, -0.25) is 4.79 Å².